The first-order valence-corrected chi connectivity index (χ1v) is 9.63. The number of hydrogen-bond donors (Lipinski definition) is 0. The van der Waals surface area contributed by atoms with Gasteiger partial charge < -0.3 is 4.90 Å². The third-order valence-electron chi connectivity index (χ3n) is 4.54. The van der Waals surface area contributed by atoms with Crippen molar-refractivity contribution in [3.8, 4) is 0 Å². The lowest BCUT2D eigenvalue weighted by atomic mass is 10.2. The first kappa shape index (κ1) is 20.3. The molecule has 0 aromatic heterocycles. The Morgan fingerprint density at radius 3 is 1.79 bits per heavy atom. The maximum atomic E-state index is 12.9. The van der Waals surface area contributed by atoms with E-state index in [0.29, 0.717) is 5.69 Å². The second kappa shape index (κ2) is 9.68. The molecule has 0 saturated heterocycles. The molecule has 5 nitrogen and oxygen atoms in total. The van der Waals surface area contributed by atoms with Crippen LogP contribution in [0.3, 0.4) is 0 Å². The molecule has 3 rings (SSSR count). The molecule has 0 bridgehead atoms. The molecule has 29 heavy (non-hydrogen) atoms. The van der Waals surface area contributed by atoms with E-state index in [4.69, 9.17) is 0 Å². The quantitative estimate of drug-likeness (QED) is 0.380. The molecule has 3 aromatic rings. The standard InChI is InChI=1S/C23H24FN5/c1-4-29(5-2)22-13-10-20(11-14-22)25-27-21-12-15-23(17(3)16-21)28-26-19-8-6-18(24)7-9-19/h6-16H,4-5H2,1-3H3. The van der Waals surface area contributed by atoms with E-state index in [1.54, 1.807) is 12.1 Å². The molecule has 0 radical (unpaired) electrons. The first-order chi connectivity index (χ1) is 14.1. The van der Waals surface area contributed by atoms with Crippen LogP contribution in [0.15, 0.2) is 87.2 Å². The molecule has 0 aliphatic carbocycles. The van der Waals surface area contributed by atoms with Crippen LogP contribution >= 0.6 is 0 Å². The van der Waals surface area contributed by atoms with Crippen LogP contribution < -0.4 is 4.90 Å². The zero-order valence-electron chi connectivity index (χ0n) is 16.9. The van der Waals surface area contributed by atoms with E-state index < -0.39 is 0 Å². The summed E-state index contributed by atoms with van der Waals surface area (Å²) in [6.45, 7) is 8.17. The number of rotatable bonds is 7. The zero-order valence-corrected chi connectivity index (χ0v) is 16.9. The molecule has 0 unspecified atom stereocenters. The molecule has 0 amide bonds. The largest absolute Gasteiger partial charge is 0.372 e. The predicted molar refractivity (Wildman–Crippen MR) is 116 cm³/mol. The summed E-state index contributed by atoms with van der Waals surface area (Å²) in [6.07, 6.45) is 0. The Hall–Kier alpha value is -3.41. The molecular formula is C23H24FN5. The summed E-state index contributed by atoms with van der Waals surface area (Å²) >= 11 is 0. The number of aryl methyl sites for hydroxylation is 1. The van der Waals surface area contributed by atoms with Crippen molar-refractivity contribution in [1.82, 2.24) is 0 Å². The molecule has 6 heteroatoms. The summed E-state index contributed by atoms with van der Waals surface area (Å²) in [4.78, 5) is 2.28. The van der Waals surface area contributed by atoms with Gasteiger partial charge in [-0.1, -0.05) is 0 Å². The van der Waals surface area contributed by atoms with Gasteiger partial charge in [0.15, 0.2) is 0 Å². The van der Waals surface area contributed by atoms with Gasteiger partial charge in [-0.05, 0) is 93.1 Å². The number of azo groups is 2. The van der Waals surface area contributed by atoms with Crippen LogP contribution in [0, 0.1) is 12.7 Å². The van der Waals surface area contributed by atoms with E-state index in [9.17, 15) is 4.39 Å². The molecule has 0 spiro atoms. The van der Waals surface area contributed by atoms with Crippen molar-refractivity contribution < 1.29 is 4.39 Å². The van der Waals surface area contributed by atoms with Gasteiger partial charge >= 0.3 is 0 Å². The Labute approximate surface area is 170 Å². The Kier molecular flexibility index (Phi) is 6.79. The molecule has 0 fully saturated rings. The predicted octanol–water partition coefficient (Wildman–Crippen LogP) is 7.81. The molecule has 0 atom stereocenters. The normalized spacial score (nSPS) is 11.4. The zero-order chi connectivity index (χ0) is 20.6. The van der Waals surface area contributed by atoms with Crippen molar-refractivity contribution in [2.75, 3.05) is 18.0 Å². The average Bonchev–Trinajstić information content (AvgIpc) is 2.74. The minimum absolute atomic E-state index is 0.294. The molecule has 0 aliphatic heterocycles. The fourth-order valence-electron chi connectivity index (χ4n) is 2.87. The number of nitrogens with zero attached hydrogens (tertiary/aromatic N) is 5. The smallest absolute Gasteiger partial charge is 0.123 e. The molecular weight excluding hydrogens is 365 g/mol. The Bertz CT molecular complexity index is 991. The van der Waals surface area contributed by atoms with Crippen molar-refractivity contribution >= 4 is 28.4 Å². The molecule has 0 N–H and O–H groups in total. The fourth-order valence-corrected chi connectivity index (χ4v) is 2.87. The highest BCUT2D eigenvalue weighted by molar-refractivity contribution is 5.55. The molecule has 0 heterocycles. The summed E-state index contributed by atoms with van der Waals surface area (Å²) in [6, 6.07) is 19.6. The number of anilines is 1. The SMILES string of the molecule is CCN(CC)c1ccc(N=Nc2ccc(N=Nc3ccc(F)cc3)c(C)c2)cc1. The highest BCUT2D eigenvalue weighted by Crippen LogP contribution is 2.28. The van der Waals surface area contributed by atoms with Crippen molar-refractivity contribution in [2.24, 2.45) is 20.5 Å². The monoisotopic (exact) mass is 389 g/mol. The molecule has 3 aromatic carbocycles. The minimum atomic E-state index is -0.294. The Morgan fingerprint density at radius 2 is 1.21 bits per heavy atom. The van der Waals surface area contributed by atoms with Gasteiger partial charge in [-0.2, -0.15) is 20.5 Å². The van der Waals surface area contributed by atoms with Gasteiger partial charge in [0, 0.05) is 18.8 Å². The topological polar surface area (TPSA) is 52.7 Å². The van der Waals surface area contributed by atoms with Crippen LogP contribution in [0.5, 0.6) is 0 Å². The van der Waals surface area contributed by atoms with Crippen molar-refractivity contribution in [3.05, 3.63) is 78.1 Å². The van der Waals surface area contributed by atoms with Gasteiger partial charge in [-0.25, -0.2) is 4.39 Å². The van der Waals surface area contributed by atoms with Gasteiger partial charge in [0.1, 0.15) is 5.82 Å². The van der Waals surface area contributed by atoms with Crippen LogP contribution in [-0.2, 0) is 0 Å². The second-order valence-corrected chi connectivity index (χ2v) is 6.54. The lowest BCUT2D eigenvalue weighted by Gasteiger charge is -2.20. The van der Waals surface area contributed by atoms with Gasteiger partial charge in [0.05, 0.1) is 22.7 Å². The maximum absolute atomic E-state index is 12.9. The number of hydrogen-bond acceptors (Lipinski definition) is 5. The van der Waals surface area contributed by atoms with E-state index in [1.807, 2.05) is 37.3 Å². The highest BCUT2D eigenvalue weighted by Gasteiger charge is 2.02. The van der Waals surface area contributed by atoms with Crippen LogP contribution in [0.4, 0.5) is 32.8 Å². The van der Waals surface area contributed by atoms with Gasteiger partial charge in [-0.3, -0.25) is 0 Å². The lowest BCUT2D eigenvalue weighted by molar-refractivity contribution is 0.628. The number of benzene rings is 3. The first-order valence-electron chi connectivity index (χ1n) is 9.63. The fraction of sp³-hybridized carbons (Fsp3) is 0.217. The van der Waals surface area contributed by atoms with Crippen molar-refractivity contribution in [2.45, 2.75) is 20.8 Å². The van der Waals surface area contributed by atoms with E-state index in [-0.39, 0.29) is 5.82 Å². The van der Waals surface area contributed by atoms with Gasteiger partial charge in [0.25, 0.3) is 0 Å². The molecule has 0 aliphatic rings. The lowest BCUT2D eigenvalue weighted by Crippen LogP contribution is -2.21. The Morgan fingerprint density at radius 1 is 0.690 bits per heavy atom. The minimum Gasteiger partial charge on any atom is -0.372 e. The van der Waals surface area contributed by atoms with Crippen LogP contribution in [0.25, 0.3) is 0 Å². The summed E-state index contributed by atoms with van der Waals surface area (Å²) in [5.41, 5.74) is 5.00. The van der Waals surface area contributed by atoms with Crippen molar-refractivity contribution in [3.63, 3.8) is 0 Å². The van der Waals surface area contributed by atoms with Gasteiger partial charge in [0.2, 0.25) is 0 Å². The highest BCUT2D eigenvalue weighted by atomic mass is 19.1. The maximum Gasteiger partial charge on any atom is 0.123 e. The molecule has 148 valence electrons. The average molecular weight is 389 g/mol. The van der Waals surface area contributed by atoms with E-state index in [0.717, 1.165) is 35.7 Å². The van der Waals surface area contributed by atoms with E-state index in [2.05, 4.69) is 51.3 Å². The third-order valence-corrected chi connectivity index (χ3v) is 4.54. The van der Waals surface area contributed by atoms with Crippen LogP contribution in [0.2, 0.25) is 0 Å². The van der Waals surface area contributed by atoms with Crippen LogP contribution in [0.1, 0.15) is 19.4 Å². The van der Waals surface area contributed by atoms with Gasteiger partial charge in [-0.15, -0.1) is 0 Å². The second-order valence-electron chi connectivity index (χ2n) is 6.54. The van der Waals surface area contributed by atoms with E-state index >= 15 is 0 Å². The van der Waals surface area contributed by atoms with Crippen LogP contribution in [-0.4, -0.2) is 13.1 Å². The summed E-state index contributed by atoms with van der Waals surface area (Å²) < 4.78 is 12.9. The molecule has 0 saturated carbocycles. The number of halogens is 1. The third kappa shape index (κ3) is 5.54. The summed E-state index contributed by atoms with van der Waals surface area (Å²) in [7, 11) is 0. The summed E-state index contributed by atoms with van der Waals surface area (Å²) in [5.74, 6) is -0.294. The Balaban J connectivity index is 1.69. The van der Waals surface area contributed by atoms with E-state index in [1.165, 1.54) is 17.8 Å². The van der Waals surface area contributed by atoms with Crippen molar-refractivity contribution in [1.29, 1.82) is 0 Å². The summed E-state index contributed by atoms with van der Waals surface area (Å²) in [5, 5.41) is 17.0.